The average molecular weight is 305 g/mol. The number of hydrogen-bond acceptors (Lipinski definition) is 4. The molecule has 6 nitrogen and oxygen atoms in total. The van der Waals surface area contributed by atoms with Gasteiger partial charge in [-0.1, -0.05) is 0 Å². The Balaban J connectivity index is 1.69. The lowest BCUT2D eigenvalue weighted by Gasteiger charge is -2.23. The van der Waals surface area contributed by atoms with Gasteiger partial charge in [-0.2, -0.15) is 17.4 Å². The third kappa shape index (κ3) is 4.96. The molecular weight excluding hydrogens is 278 g/mol. The summed E-state index contributed by atoms with van der Waals surface area (Å²) in [7, 11) is -1.75. The predicted molar refractivity (Wildman–Crippen MR) is 78.7 cm³/mol. The Morgan fingerprint density at radius 2 is 2.10 bits per heavy atom. The van der Waals surface area contributed by atoms with E-state index in [9.17, 15) is 8.42 Å². The Kier molecular flexibility index (Phi) is 5.80. The van der Waals surface area contributed by atoms with Crippen molar-refractivity contribution in [3.63, 3.8) is 0 Å². The van der Waals surface area contributed by atoms with E-state index in [0.29, 0.717) is 19.2 Å². The maximum absolute atomic E-state index is 12.2. The van der Waals surface area contributed by atoms with E-state index < -0.39 is 10.2 Å². The molecule has 1 heterocycles. The van der Waals surface area contributed by atoms with E-state index >= 15 is 0 Å². The van der Waals surface area contributed by atoms with E-state index in [2.05, 4.69) is 10.0 Å². The van der Waals surface area contributed by atoms with Crippen molar-refractivity contribution >= 4 is 10.2 Å². The molecule has 1 aliphatic heterocycles. The Hall–Kier alpha value is -0.210. The Labute approximate surface area is 122 Å². The van der Waals surface area contributed by atoms with Gasteiger partial charge >= 0.3 is 0 Å². The molecule has 118 valence electrons. The van der Waals surface area contributed by atoms with Gasteiger partial charge < -0.3 is 10.1 Å². The van der Waals surface area contributed by atoms with Crippen LogP contribution in [-0.4, -0.2) is 58.2 Å². The highest BCUT2D eigenvalue weighted by molar-refractivity contribution is 7.87. The molecule has 2 fully saturated rings. The van der Waals surface area contributed by atoms with Crippen LogP contribution in [0.15, 0.2) is 0 Å². The molecule has 0 aromatic carbocycles. The van der Waals surface area contributed by atoms with Crippen LogP contribution in [0.1, 0.15) is 32.6 Å². The van der Waals surface area contributed by atoms with Gasteiger partial charge in [0.1, 0.15) is 0 Å². The molecule has 0 radical (unpaired) electrons. The molecule has 2 aliphatic rings. The molecule has 0 aromatic heterocycles. The minimum atomic E-state index is -3.38. The Morgan fingerprint density at radius 1 is 1.35 bits per heavy atom. The van der Waals surface area contributed by atoms with Crippen LogP contribution in [0.25, 0.3) is 0 Å². The SMILES string of the molecule is CC(NS(=O)(=O)N(C)CCCNC1CC1)C1CCOC1. The van der Waals surface area contributed by atoms with Gasteiger partial charge in [-0.3, -0.25) is 0 Å². The van der Waals surface area contributed by atoms with Crippen molar-refractivity contribution in [2.45, 2.75) is 44.7 Å². The number of hydrogen-bond donors (Lipinski definition) is 2. The zero-order valence-electron chi connectivity index (χ0n) is 12.5. The van der Waals surface area contributed by atoms with Gasteiger partial charge in [0.15, 0.2) is 0 Å². The van der Waals surface area contributed by atoms with Gasteiger partial charge in [-0.25, -0.2) is 0 Å². The fraction of sp³-hybridized carbons (Fsp3) is 1.00. The molecule has 2 unspecified atom stereocenters. The van der Waals surface area contributed by atoms with E-state index in [-0.39, 0.29) is 12.0 Å². The van der Waals surface area contributed by atoms with Crippen molar-refractivity contribution in [1.82, 2.24) is 14.3 Å². The summed E-state index contributed by atoms with van der Waals surface area (Å²) in [4.78, 5) is 0. The van der Waals surface area contributed by atoms with Crippen molar-refractivity contribution < 1.29 is 13.2 Å². The van der Waals surface area contributed by atoms with E-state index in [0.717, 1.165) is 26.0 Å². The lowest BCUT2D eigenvalue weighted by atomic mass is 10.0. The topological polar surface area (TPSA) is 70.7 Å². The zero-order chi connectivity index (χ0) is 14.6. The van der Waals surface area contributed by atoms with Gasteiger partial charge in [0.05, 0.1) is 6.61 Å². The average Bonchev–Trinajstić information content (AvgIpc) is 3.04. The minimum Gasteiger partial charge on any atom is -0.381 e. The zero-order valence-corrected chi connectivity index (χ0v) is 13.3. The molecule has 7 heteroatoms. The highest BCUT2D eigenvalue weighted by Crippen LogP contribution is 2.18. The van der Waals surface area contributed by atoms with Crippen LogP contribution in [-0.2, 0) is 14.9 Å². The van der Waals surface area contributed by atoms with E-state index in [1.165, 1.54) is 17.1 Å². The fourth-order valence-corrected chi connectivity index (χ4v) is 3.60. The highest BCUT2D eigenvalue weighted by atomic mass is 32.2. The molecule has 2 atom stereocenters. The molecule has 2 rings (SSSR count). The number of nitrogens with one attached hydrogen (secondary N) is 2. The predicted octanol–water partition coefficient (Wildman–Crippen LogP) is 0.320. The molecule has 1 aliphatic carbocycles. The van der Waals surface area contributed by atoms with E-state index in [1.807, 2.05) is 6.92 Å². The molecule has 0 amide bonds. The minimum absolute atomic E-state index is 0.0745. The second-order valence-corrected chi connectivity index (χ2v) is 7.75. The first kappa shape index (κ1) is 16.2. The number of rotatable bonds is 9. The molecule has 0 bridgehead atoms. The largest absolute Gasteiger partial charge is 0.381 e. The second kappa shape index (κ2) is 7.17. The number of ether oxygens (including phenoxy) is 1. The van der Waals surface area contributed by atoms with Crippen molar-refractivity contribution in [2.75, 3.05) is 33.4 Å². The summed E-state index contributed by atoms with van der Waals surface area (Å²) in [6.45, 7) is 4.73. The summed E-state index contributed by atoms with van der Waals surface area (Å²) in [5, 5.41) is 3.39. The molecule has 0 spiro atoms. The Morgan fingerprint density at radius 3 is 2.70 bits per heavy atom. The number of nitrogens with zero attached hydrogens (tertiary/aromatic N) is 1. The summed E-state index contributed by atoms with van der Waals surface area (Å²) < 4.78 is 33.9. The molecule has 0 aromatic rings. The molecule has 2 N–H and O–H groups in total. The van der Waals surface area contributed by atoms with Crippen molar-refractivity contribution in [3.8, 4) is 0 Å². The quantitative estimate of drug-likeness (QED) is 0.602. The second-order valence-electron chi connectivity index (χ2n) is 5.94. The van der Waals surface area contributed by atoms with Crippen LogP contribution < -0.4 is 10.0 Å². The lowest BCUT2D eigenvalue weighted by Crippen LogP contribution is -2.46. The standard InChI is InChI=1S/C13H27N3O3S/c1-11(12-6-9-19-10-12)15-20(17,18)16(2)8-3-7-14-13-4-5-13/h11-15H,3-10H2,1-2H3. The lowest BCUT2D eigenvalue weighted by molar-refractivity contribution is 0.180. The van der Waals surface area contributed by atoms with Crippen LogP contribution in [0, 0.1) is 5.92 Å². The first-order valence-electron chi connectivity index (χ1n) is 7.54. The van der Waals surface area contributed by atoms with Gasteiger partial charge in [-0.15, -0.1) is 0 Å². The van der Waals surface area contributed by atoms with Crippen molar-refractivity contribution in [3.05, 3.63) is 0 Å². The normalized spacial score (nSPS) is 25.2. The van der Waals surface area contributed by atoms with Crippen LogP contribution in [0.3, 0.4) is 0 Å². The summed E-state index contributed by atoms with van der Waals surface area (Å²) >= 11 is 0. The van der Waals surface area contributed by atoms with Crippen LogP contribution in [0.4, 0.5) is 0 Å². The summed E-state index contributed by atoms with van der Waals surface area (Å²) in [5.74, 6) is 0.287. The molecule has 1 saturated heterocycles. The third-order valence-corrected chi connectivity index (χ3v) is 5.75. The smallest absolute Gasteiger partial charge is 0.279 e. The third-order valence-electron chi connectivity index (χ3n) is 4.08. The van der Waals surface area contributed by atoms with Gasteiger partial charge in [-0.05, 0) is 39.2 Å². The van der Waals surface area contributed by atoms with Gasteiger partial charge in [0.25, 0.3) is 10.2 Å². The molecule has 1 saturated carbocycles. The summed E-state index contributed by atoms with van der Waals surface area (Å²) in [6, 6.07) is 0.604. The highest BCUT2D eigenvalue weighted by Gasteiger charge is 2.27. The summed E-state index contributed by atoms with van der Waals surface area (Å²) in [5.41, 5.74) is 0. The summed E-state index contributed by atoms with van der Waals surface area (Å²) in [6.07, 6.45) is 4.29. The monoisotopic (exact) mass is 305 g/mol. The molecule has 20 heavy (non-hydrogen) atoms. The van der Waals surface area contributed by atoms with E-state index in [1.54, 1.807) is 7.05 Å². The van der Waals surface area contributed by atoms with Gasteiger partial charge in [0.2, 0.25) is 0 Å². The Bertz CT molecular complexity index is 392. The fourth-order valence-electron chi connectivity index (χ4n) is 2.38. The van der Waals surface area contributed by atoms with Crippen LogP contribution in [0.5, 0.6) is 0 Å². The maximum atomic E-state index is 12.2. The van der Waals surface area contributed by atoms with Crippen molar-refractivity contribution in [1.29, 1.82) is 0 Å². The van der Waals surface area contributed by atoms with E-state index in [4.69, 9.17) is 4.74 Å². The first-order chi connectivity index (χ1) is 9.49. The van der Waals surface area contributed by atoms with Crippen LogP contribution in [0.2, 0.25) is 0 Å². The van der Waals surface area contributed by atoms with Gasteiger partial charge in [0, 0.05) is 38.2 Å². The molecular formula is C13H27N3O3S. The maximum Gasteiger partial charge on any atom is 0.279 e. The van der Waals surface area contributed by atoms with Crippen LogP contribution >= 0.6 is 0 Å². The van der Waals surface area contributed by atoms with Crippen molar-refractivity contribution in [2.24, 2.45) is 5.92 Å². The first-order valence-corrected chi connectivity index (χ1v) is 8.98.